The van der Waals surface area contributed by atoms with Crippen molar-refractivity contribution >= 4 is 11.9 Å². The highest BCUT2D eigenvalue weighted by molar-refractivity contribution is 5.76. The fourth-order valence-electron chi connectivity index (χ4n) is 12.3. The van der Waals surface area contributed by atoms with Gasteiger partial charge < -0.3 is 20.3 Å². The summed E-state index contributed by atoms with van der Waals surface area (Å²) in [5.74, 6) is -0.0487. The predicted octanol–water partition coefficient (Wildman–Crippen LogP) is 25.3. The van der Waals surface area contributed by atoms with Gasteiger partial charge in [-0.2, -0.15) is 0 Å². The molecule has 0 fully saturated rings. The molecule has 0 heterocycles. The van der Waals surface area contributed by atoms with E-state index in [1.165, 1.54) is 366 Å². The normalized spacial score (nSPS) is 12.6. The molecule has 0 rings (SSSR count). The van der Waals surface area contributed by atoms with Crippen LogP contribution in [-0.4, -0.2) is 47.4 Å². The summed E-state index contributed by atoms with van der Waals surface area (Å²) in [4.78, 5) is 24.6. The van der Waals surface area contributed by atoms with E-state index in [2.05, 4.69) is 31.3 Å². The standard InChI is InChI=1S/C78H151NO5/c1-3-5-7-9-11-13-15-17-19-20-21-22-23-28-31-34-37-40-43-46-50-54-58-62-66-70-76(81)75(74-80)79-77(82)71-67-63-59-55-51-47-44-41-38-35-32-29-26-24-25-27-30-33-36-39-42-45-49-53-57-61-65-69-73-84-78(83)72-68-64-60-56-52-48-18-16-14-12-10-8-6-4-2/h16,18,66,70,75-76,80-81H,3-15,17,19-65,67-69,71-74H2,1-2H3,(H,79,82)/b18-16-,70-66+. The highest BCUT2D eigenvalue weighted by Crippen LogP contribution is 2.20. The zero-order valence-electron chi connectivity index (χ0n) is 57.2. The van der Waals surface area contributed by atoms with E-state index in [1.54, 1.807) is 6.08 Å². The van der Waals surface area contributed by atoms with Crippen molar-refractivity contribution in [2.75, 3.05) is 13.2 Å². The van der Waals surface area contributed by atoms with E-state index >= 15 is 0 Å². The number of rotatable bonds is 73. The molecule has 0 radical (unpaired) electrons. The van der Waals surface area contributed by atoms with E-state index in [0.29, 0.717) is 19.4 Å². The van der Waals surface area contributed by atoms with Crippen LogP contribution in [0.5, 0.6) is 0 Å². The van der Waals surface area contributed by atoms with Gasteiger partial charge in [-0.25, -0.2) is 0 Å². The summed E-state index contributed by atoms with van der Waals surface area (Å²) in [5.41, 5.74) is 0. The van der Waals surface area contributed by atoms with E-state index in [0.717, 1.165) is 44.9 Å². The Kier molecular flexibility index (Phi) is 72.3. The third-order valence-corrected chi connectivity index (χ3v) is 18.2. The minimum absolute atomic E-state index is 0.0109. The van der Waals surface area contributed by atoms with Crippen molar-refractivity contribution in [2.45, 2.75) is 450 Å². The average molecular weight is 1180 g/mol. The van der Waals surface area contributed by atoms with Gasteiger partial charge >= 0.3 is 5.97 Å². The number of hydrogen-bond donors (Lipinski definition) is 3. The maximum absolute atomic E-state index is 12.6. The molecule has 2 unspecified atom stereocenters. The van der Waals surface area contributed by atoms with Gasteiger partial charge in [0.05, 0.1) is 25.4 Å². The van der Waals surface area contributed by atoms with Gasteiger partial charge in [0.1, 0.15) is 0 Å². The Bertz CT molecular complexity index is 1320. The topological polar surface area (TPSA) is 95.9 Å². The van der Waals surface area contributed by atoms with Gasteiger partial charge in [0.25, 0.3) is 0 Å². The maximum Gasteiger partial charge on any atom is 0.305 e. The first-order chi connectivity index (χ1) is 41.5. The fraction of sp³-hybridized carbons (Fsp3) is 0.923. The molecule has 0 saturated carbocycles. The summed E-state index contributed by atoms with van der Waals surface area (Å²) in [5, 5.41) is 23.3. The number of aliphatic hydroxyl groups is 2. The molecule has 498 valence electrons. The second-order valence-electron chi connectivity index (χ2n) is 26.7. The van der Waals surface area contributed by atoms with Gasteiger partial charge in [0.15, 0.2) is 0 Å². The quantitative estimate of drug-likeness (QED) is 0.0320. The Morgan fingerprint density at radius 1 is 0.321 bits per heavy atom. The predicted molar refractivity (Wildman–Crippen MR) is 370 cm³/mol. The SMILES string of the molecule is CCCCCCC/C=C\CCCCCCCC(=O)OCCCCCCCCCCCCCCCCCCCCCCCCCCCCCCC(=O)NC(CO)C(O)/C=C/CCCCCCCCCCCCCCCCCCCCCCCCC. The van der Waals surface area contributed by atoms with E-state index < -0.39 is 12.1 Å². The lowest BCUT2D eigenvalue weighted by molar-refractivity contribution is -0.143. The maximum atomic E-state index is 12.6. The van der Waals surface area contributed by atoms with Crippen LogP contribution in [0.25, 0.3) is 0 Å². The summed E-state index contributed by atoms with van der Waals surface area (Å²) in [6.45, 7) is 4.94. The number of carbonyl (C=O) groups excluding carboxylic acids is 2. The summed E-state index contributed by atoms with van der Waals surface area (Å²) in [7, 11) is 0. The lowest BCUT2D eigenvalue weighted by atomic mass is 10.0. The van der Waals surface area contributed by atoms with Crippen molar-refractivity contribution in [1.29, 1.82) is 0 Å². The number of unbranched alkanes of at least 4 members (excludes halogenated alkanes) is 60. The van der Waals surface area contributed by atoms with Crippen LogP contribution in [-0.2, 0) is 14.3 Å². The Hall–Kier alpha value is -1.66. The molecule has 84 heavy (non-hydrogen) atoms. The number of ether oxygens (including phenoxy) is 1. The van der Waals surface area contributed by atoms with Gasteiger partial charge in [0, 0.05) is 12.8 Å². The zero-order chi connectivity index (χ0) is 60.6. The molecule has 0 spiro atoms. The first-order valence-electron chi connectivity index (χ1n) is 38.6. The first kappa shape index (κ1) is 82.3. The average Bonchev–Trinajstić information content (AvgIpc) is 3.51. The Labute approximate surface area is 526 Å². The Morgan fingerprint density at radius 2 is 0.560 bits per heavy atom. The van der Waals surface area contributed by atoms with Gasteiger partial charge in [0.2, 0.25) is 5.91 Å². The van der Waals surface area contributed by atoms with Crippen LogP contribution in [0, 0.1) is 0 Å². The molecule has 2 atom stereocenters. The van der Waals surface area contributed by atoms with Crippen LogP contribution in [0.3, 0.4) is 0 Å². The first-order valence-corrected chi connectivity index (χ1v) is 38.6. The molecule has 3 N–H and O–H groups in total. The highest BCUT2D eigenvalue weighted by atomic mass is 16.5. The summed E-state index contributed by atoms with van der Waals surface area (Å²) < 4.78 is 5.49. The molecule has 0 saturated heterocycles. The summed E-state index contributed by atoms with van der Waals surface area (Å²) in [6, 6.07) is -0.627. The lowest BCUT2D eigenvalue weighted by Crippen LogP contribution is -2.45. The summed E-state index contributed by atoms with van der Waals surface area (Å²) >= 11 is 0. The molecule has 0 bridgehead atoms. The van der Waals surface area contributed by atoms with Crippen LogP contribution in [0.1, 0.15) is 438 Å². The van der Waals surface area contributed by atoms with E-state index in [1.807, 2.05) is 6.08 Å². The molecule has 0 aromatic rings. The van der Waals surface area contributed by atoms with Crippen molar-refractivity contribution in [2.24, 2.45) is 0 Å². The third-order valence-electron chi connectivity index (χ3n) is 18.2. The minimum Gasteiger partial charge on any atom is -0.466 e. The third kappa shape index (κ3) is 69.4. The molecular formula is C78H151NO5. The smallest absolute Gasteiger partial charge is 0.305 e. The van der Waals surface area contributed by atoms with Gasteiger partial charge in [-0.3, -0.25) is 9.59 Å². The van der Waals surface area contributed by atoms with Crippen LogP contribution < -0.4 is 5.32 Å². The number of amides is 1. The zero-order valence-corrected chi connectivity index (χ0v) is 57.2. The minimum atomic E-state index is -0.844. The molecule has 0 aliphatic rings. The number of hydrogen-bond acceptors (Lipinski definition) is 5. The van der Waals surface area contributed by atoms with Crippen molar-refractivity contribution < 1.29 is 24.5 Å². The van der Waals surface area contributed by atoms with Gasteiger partial charge in [-0.1, -0.05) is 391 Å². The van der Waals surface area contributed by atoms with Crippen molar-refractivity contribution in [1.82, 2.24) is 5.32 Å². The molecular weight excluding hydrogens is 1030 g/mol. The van der Waals surface area contributed by atoms with Crippen molar-refractivity contribution in [3.8, 4) is 0 Å². The van der Waals surface area contributed by atoms with Gasteiger partial charge in [-0.05, 0) is 57.8 Å². The van der Waals surface area contributed by atoms with E-state index in [-0.39, 0.29) is 18.5 Å². The second kappa shape index (κ2) is 73.8. The highest BCUT2D eigenvalue weighted by Gasteiger charge is 2.18. The molecule has 6 nitrogen and oxygen atoms in total. The van der Waals surface area contributed by atoms with Crippen LogP contribution >= 0.6 is 0 Å². The van der Waals surface area contributed by atoms with Crippen LogP contribution in [0.4, 0.5) is 0 Å². The molecule has 6 heteroatoms. The Morgan fingerprint density at radius 3 is 0.845 bits per heavy atom. The number of esters is 1. The van der Waals surface area contributed by atoms with Crippen molar-refractivity contribution in [3.63, 3.8) is 0 Å². The van der Waals surface area contributed by atoms with Crippen molar-refractivity contribution in [3.05, 3.63) is 24.3 Å². The molecule has 0 aliphatic carbocycles. The second-order valence-corrected chi connectivity index (χ2v) is 26.7. The number of nitrogens with one attached hydrogen (secondary N) is 1. The van der Waals surface area contributed by atoms with Crippen LogP contribution in [0.2, 0.25) is 0 Å². The number of allylic oxidation sites excluding steroid dienone is 3. The molecule has 0 aliphatic heterocycles. The van der Waals surface area contributed by atoms with E-state index in [9.17, 15) is 19.8 Å². The molecule has 0 aromatic carbocycles. The summed E-state index contributed by atoms with van der Waals surface area (Å²) in [6.07, 6.45) is 94.3. The van der Waals surface area contributed by atoms with Crippen LogP contribution in [0.15, 0.2) is 24.3 Å². The lowest BCUT2D eigenvalue weighted by Gasteiger charge is -2.20. The number of aliphatic hydroxyl groups excluding tert-OH is 2. The monoisotopic (exact) mass is 1180 g/mol. The van der Waals surface area contributed by atoms with Gasteiger partial charge in [-0.15, -0.1) is 0 Å². The molecule has 1 amide bonds. The molecule has 0 aromatic heterocycles. The Balaban J connectivity index is 3.37. The fourth-order valence-corrected chi connectivity index (χ4v) is 12.3. The number of carbonyl (C=O) groups is 2. The van der Waals surface area contributed by atoms with E-state index in [4.69, 9.17) is 4.74 Å². The largest absolute Gasteiger partial charge is 0.466 e.